The summed E-state index contributed by atoms with van der Waals surface area (Å²) in [5.74, 6) is 0.170. The van der Waals surface area contributed by atoms with Crippen LogP contribution in [0.2, 0.25) is 0 Å². The van der Waals surface area contributed by atoms with E-state index in [4.69, 9.17) is 5.73 Å². The minimum absolute atomic E-state index is 0.00468. The van der Waals surface area contributed by atoms with Crippen LogP contribution in [0, 0.1) is 11.8 Å². The monoisotopic (exact) mass is 182 g/mol. The molecule has 2 N–H and O–H groups in total. The van der Waals surface area contributed by atoms with Crippen molar-refractivity contribution in [3.63, 3.8) is 0 Å². The third kappa shape index (κ3) is 2.56. The van der Waals surface area contributed by atoms with E-state index in [2.05, 4.69) is 11.0 Å². The van der Waals surface area contributed by atoms with Crippen LogP contribution in [0.15, 0.2) is 12.2 Å². The van der Waals surface area contributed by atoms with Gasteiger partial charge in [-0.3, -0.25) is 4.79 Å². The summed E-state index contributed by atoms with van der Waals surface area (Å²) in [4.78, 5) is 13.3. The van der Waals surface area contributed by atoms with Gasteiger partial charge in [0.25, 0.3) is 0 Å². The summed E-state index contributed by atoms with van der Waals surface area (Å²) in [5, 5.41) is 0. The lowest BCUT2D eigenvalue weighted by Gasteiger charge is -2.33. The molecule has 0 bridgehead atoms. The molecule has 0 aromatic rings. The molecular formula is C10H18N2O. The lowest BCUT2D eigenvalue weighted by molar-refractivity contribution is -0.124. The summed E-state index contributed by atoms with van der Waals surface area (Å²) >= 11 is 0. The van der Waals surface area contributed by atoms with Crippen LogP contribution in [0.4, 0.5) is 0 Å². The average Bonchev–Trinajstić information content (AvgIpc) is 2.08. The normalized spacial score (nSPS) is 30.9. The van der Waals surface area contributed by atoms with Gasteiger partial charge >= 0.3 is 0 Å². The summed E-state index contributed by atoms with van der Waals surface area (Å²) in [6.45, 7) is 3.83. The molecule has 0 aliphatic carbocycles. The van der Waals surface area contributed by atoms with E-state index in [1.165, 1.54) is 0 Å². The smallest absolute Gasteiger partial charge is 0.222 e. The molecule has 2 atom stereocenters. The van der Waals surface area contributed by atoms with Gasteiger partial charge in [-0.05, 0) is 32.9 Å². The highest BCUT2D eigenvalue weighted by molar-refractivity contribution is 5.77. The minimum Gasteiger partial charge on any atom is -0.369 e. The van der Waals surface area contributed by atoms with Crippen molar-refractivity contribution in [1.29, 1.82) is 0 Å². The van der Waals surface area contributed by atoms with Crippen LogP contribution in [-0.2, 0) is 4.79 Å². The molecular weight excluding hydrogens is 164 g/mol. The highest BCUT2D eigenvalue weighted by Crippen LogP contribution is 2.23. The first kappa shape index (κ1) is 10.3. The summed E-state index contributed by atoms with van der Waals surface area (Å²) in [7, 11) is 2.03. The number of amides is 1. The number of nitrogens with two attached hydrogens (primary N) is 1. The molecule has 0 radical (unpaired) electrons. The number of carbonyl (C=O) groups is 1. The Morgan fingerprint density at radius 2 is 2.31 bits per heavy atom. The fraction of sp³-hybridized carbons (Fsp3) is 0.700. The predicted octanol–water partition coefficient (Wildman–Crippen LogP) is 0.616. The Labute approximate surface area is 79.6 Å². The zero-order valence-corrected chi connectivity index (χ0v) is 8.36. The number of hydrogen-bond acceptors (Lipinski definition) is 2. The maximum Gasteiger partial charge on any atom is 0.222 e. The third-order valence-electron chi connectivity index (χ3n) is 2.67. The lowest BCUT2D eigenvalue weighted by atomic mass is 9.85. The van der Waals surface area contributed by atoms with E-state index < -0.39 is 0 Å². The molecule has 1 aliphatic heterocycles. The van der Waals surface area contributed by atoms with E-state index in [-0.39, 0.29) is 11.8 Å². The molecule has 0 spiro atoms. The van der Waals surface area contributed by atoms with Gasteiger partial charge in [-0.15, -0.1) is 0 Å². The molecule has 1 rings (SSSR count). The number of hydrogen-bond donors (Lipinski definition) is 1. The van der Waals surface area contributed by atoms with Gasteiger partial charge in [0, 0.05) is 6.54 Å². The van der Waals surface area contributed by atoms with E-state index in [1.54, 1.807) is 0 Å². The number of likely N-dealkylation sites (tertiary alicyclic amines) is 1. The van der Waals surface area contributed by atoms with Gasteiger partial charge in [-0.2, -0.15) is 0 Å². The molecule has 2 unspecified atom stereocenters. The van der Waals surface area contributed by atoms with Crippen LogP contribution in [0.3, 0.4) is 0 Å². The summed E-state index contributed by atoms with van der Waals surface area (Å²) in [6, 6.07) is 0. The van der Waals surface area contributed by atoms with Gasteiger partial charge < -0.3 is 10.6 Å². The second kappa shape index (κ2) is 4.42. The number of piperidine rings is 1. The summed E-state index contributed by atoms with van der Waals surface area (Å²) < 4.78 is 0. The Balaban J connectivity index is 2.66. The molecule has 0 aromatic heterocycles. The van der Waals surface area contributed by atoms with E-state index in [0.29, 0.717) is 5.92 Å². The lowest BCUT2D eigenvalue weighted by Crippen LogP contribution is -2.43. The van der Waals surface area contributed by atoms with E-state index in [0.717, 1.165) is 19.5 Å². The highest BCUT2D eigenvalue weighted by atomic mass is 16.1. The first-order valence-electron chi connectivity index (χ1n) is 4.75. The van der Waals surface area contributed by atoms with Gasteiger partial charge in [0.15, 0.2) is 0 Å². The zero-order chi connectivity index (χ0) is 9.84. The molecule has 1 aliphatic rings. The summed E-state index contributed by atoms with van der Waals surface area (Å²) in [5.41, 5.74) is 5.35. The Hall–Kier alpha value is -0.830. The van der Waals surface area contributed by atoms with Crippen LogP contribution in [0.5, 0.6) is 0 Å². The third-order valence-corrected chi connectivity index (χ3v) is 2.67. The fourth-order valence-electron chi connectivity index (χ4n) is 1.91. The molecule has 3 heteroatoms. The fourth-order valence-corrected chi connectivity index (χ4v) is 1.91. The number of nitrogens with zero attached hydrogens (tertiary/aromatic N) is 1. The van der Waals surface area contributed by atoms with Crippen molar-refractivity contribution in [3.05, 3.63) is 12.2 Å². The van der Waals surface area contributed by atoms with Crippen LogP contribution >= 0.6 is 0 Å². The van der Waals surface area contributed by atoms with E-state index >= 15 is 0 Å². The Bertz CT molecular complexity index is 213. The number of allylic oxidation sites excluding steroid dienone is 2. The molecule has 74 valence electrons. The first-order valence-corrected chi connectivity index (χ1v) is 4.75. The van der Waals surface area contributed by atoms with Crippen molar-refractivity contribution in [1.82, 2.24) is 4.90 Å². The van der Waals surface area contributed by atoms with Crippen molar-refractivity contribution in [3.8, 4) is 0 Å². The first-order chi connectivity index (χ1) is 6.15. The van der Waals surface area contributed by atoms with Crippen molar-refractivity contribution >= 4 is 5.91 Å². The molecule has 1 amide bonds. The Morgan fingerprint density at radius 3 is 2.85 bits per heavy atom. The zero-order valence-electron chi connectivity index (χ0n) is 8.36. The van der Waals surface area contributed by atoms with Crippen molar-refractivity contribution in [2.45, 2.75) is 13.3 Å². The molecule has 1 saturated heterocycles. The van der Waals surface area contributed by atoms with Gasteiger partial charge in [0.1, 0.15) is 0 Å². The molecule has 0 saturated carbocycles. The van der Waals surface area contributed by atoms with Crippen molar-refractivity contribution in [2.24, 2.45) is 17.6 Å². The second-order valence-electron chi connectivity index (χ2n) is 3.75. The Morgan fingerprint density at radius 1 is 1.62 bits per heavy atom. The second-order valence-corrected chi connectivity index (χ2v) is 3.75. The van der Waals surface area contributed by atoms with E-state index in [1.807, 2.05) is 20.0 Å². The largest absolute Gasteiger partial charge is 0.369 e. The van der Waals surface area contributed by atoms with Gasteiger partial charge in [0.05, 0.1) is 5.92 Å². The van der Waals surface area contributed by atoms with Gasteiger partial charge in [-0.1, -0.05) is 12.2 Å². The maximum atomic E-state index is 11.1. The summed E-state index contributed by atoms with van der Waals surface area (Å²) in [6.07, 6.45) is 5.14. The van der Waals surface area contributed by atoms with Crippen LogP contribution in [0.25, 0.3) is 0 Å². The van der Waals surface area contributed by atoms with Crippen LogP contribution in [-0.4, -0.2) is 30.9 Å². The standard InChI is InChI=1S/C10H18N2O/c1-3-4-8-5-6-12(2)7-9(8)10(11)13/h3-4,8-9H,5-7H2,1-2H3,(H2,11,13)/b4-3+. The molecule has 0 aromatic carbocycles. The number of carbonyl (C=O) groups excluding carboxylic acids is 1. The average molecular weight is 182 g/mol. The van der Waals surface area contributed by atoms with Crippen molar-refractivity contribution in [2.75, 3.05) is 20.1 Å². The topological polar surface area (TPSA) is 46.3 Å². The van der Waals surface area contributed by atoms with Gasteiger partial charge in [0.2, 0.25) is 5.91 Å². The number of rotatable bonds is 2. The molecule has 1 heterocycles. The van der Waals surface area contributed by atoms with Crippen LogP contribution in [0.1, 0.15) is 13.3 Å². The van der Waals surface area contributed by atoms with Crippen LogP contribution < -0.4 is 5.73 Å². The SMILES string of the molecule is C/C=C/C1CCN(C)CC1C(N)=O. The quantitative estimate of drug-likeness (QED) is 0.636. The molecule has 1 fully saturated rings. The van der Waals surface area contributed by atoms with E-state index in [9.17, 15) is 4.79 Å². The molecule has 13 heavy (non-hydrogen) atoms. The highest BCUT2D eigenvalue weighted by Gasteiger charge is 2.29. The number of primary amides is 1. The molecule has 3 nitrogen and oxygen atoms in total. The van der Waals surface area contributed by atoms with Gasteiger partial charge in [-0.25, -0.2) is 0 Å². The Kier molecular flexibility index (Phi) is 3.48. The maximum absolute atomic E-state index is 11.1. The predicted molar refractivity (Wildman–Crippen MR) is 53.1 cm³/mol. The van der Waals surface area contributed by atoms with Crippen molar-refractivity contribution < 1.29 is 4.79 Å². The minimum atomic E-state index is -0.172.